The fraction of sp³-hybridized carbons (Fsp3) is 0.714. The summed E-state index contributed by atoms with van der Waals surface area (Å²) in [6.45, 7) is 4.05. The maximum Gasteiger partial charge on any atom is 0.191 e. The van der Waals surface area contributed by atoms with Gasteiger partial charge in [0.1, 0.15) is 11.6 Å². The first-order valence-corrected chi connectivity index (χ1v) is 8.39. The molecule has 2 fully saturated rings. The zero-order chi connectivity index (χ0) is 13.3. The summed E-state index contributed by atoms with van der Waals surface area (Å²) in [5.41, 5.74) is 0.600. The van der Waals surface area contributed by atoms with Crippen molar-refractivity contribution in [2.45, 2.75) is 37.8 Å². The molecule has 4 nitrogen and oxygen atoms in total. The highest BCUT2D eigenvalue weighted by Crippen LogP contribution is 2.61. The lowest BCUT2D eigenvalue weighted by molar-refractivity contribution is 0.466. The van der Waals surface area contributed by atoms with Gasteiger partial charge in [0.25, 0.3) is 0 Å². The van der Waals surface area contributed by atoms with Gasteiger partial charge in [-0.2, -0.15) is 0 Å². The zero-order valence-corrected chi connectivity index (χ0v) is 12.5. The van der Waals surface area contributed by atoms with Crippen LogP contribution in [-0.4, -0.2) is 29.3 Å². The molecule has 0 aromatic carbocycles. The van der Waals surface area contributed by atoms with E-state index in [4.69, 9.17) is 0 Å². The lowest BCUT2D eigenvalue weighted by Crippen LogP contribution is -2.18. The van der Waals surface area contributed by atoms with E-state index in [0.717, 1.165) is 35.8 Å². The van der Waals surface area contributed by atoms with Crippen LogP contribution in [0.2, 0.25) is 0 Å². The molecule has 1 aromatic rings. The second kappa shape index (κ2) is 5.19. The number of nitrogens with one attached hydrogen (secondary N) is 2. The van der Waals surface area contributed by atoms with Gasteiger partial charge in [-0.25, -0.2) is 9.97 Å². The van der Waals surface area contributed by atoms with Crippen molar-refractivity contribution in [1.82, 2.24) is 9.97 Å². The van der Waals surface area contributed by atoms with Gasteiger partial charge in [-0.3, -0.25) is 0 Å². The fourth-order valence-electron chi connectivity index (χ4n) is 2.73. The minimum Gasteiger partial charge on any atom is -0.370 e. The van der Waals surface area contributed by atoms with E-state index in [9.17, 15) is 0 Å². The molecule has 104 valence electrons. The molecule has 1 aromatic heterocycles. The highest BCUT2D eigenvalue weighted by atomic mass is 32.2. The fourth-order valence-corrected chi connectivity index (χ4v) is 3.11. The summed E-state index contributed by atoms with van der Waals surface area (Å²) >= 11 is 1.59. The van der Waals surface area contributed by atoms with Gasteiger partial charge in [-0.1, -0.05) is 11.8 Å². The van der Waals surface area contributed by atoms with E-state index < -0.39 is 0 Å². The molecule has 2 saturated carbocycles. The number of nitrogens with zero attached hydrogens (tertiary/aromatic N) is 2. The molecule has 0 saturated heterocycles. The quantitative estimate of drug-likeness (QED) is 0.592. The van der Waals surface area contributed by atoms with Gasteiger partial charge >= 0.3 is 0 Å². The van der Waals surface area contributed by atoms with Crippen molar-refractivity contribution in [3.63, 3.8) is 0 Å². The Balaban J connectivity index is 1.67. The lowest BCUT2D eigenvalue weighted by Gasteiger charge is -2.16. The first kappa shape index (κ1) is 13.0. The van der Waals surface area contributed by atoms with Gasteiger partial charge in [0, 0.05) is 19.2 Å². The Morgan fingerprint density at radius 1 is 1.26 bits per heavy atom. The molecule has 5 heteroatoms. The van der Waals surface area contributed by atoms with Gasteiger partial charge in [-0.05, 0) is 50.2 Å². The molecular weight excluding hydrogens is 256 g/mol. The normalized spacial score (nSPS) is 20.1. The molecule has 0 aliphatic heterocycles. The SMILES string of the molecule is CCNc1cc(NCC2(C3CC3)CC2)nc(SC)n1. The summed E-state index contributed by atoms with van der Waals surface area (Å²) in [7, 11) is 0. The molecule has 3 rings (SSSR count). The van der Waals surface area contributed by atoms with Crippen LogP contribution >= 0.6 is 11.8 Å². The van der Waals surface area contributed by atoms with E-state index in [-0.39, 0.29) is 0 Å². The van der Waals surface area contributed by atoms with Gasteiger partial charge in [0.2, 0.25) is 0 Å². The number of hydrogen-bond acceptors (Lipinski definition) is 5. The molecule has 2 aliphatic rings. The maximum atomic E-state index is 4.55. The van der Waals surface area contributed by atoms with Crippen molar-refractivity contribution in [2.75, 3.05) is 30.0 Å². The van der Waals surface area contributed by atoms with E-state index >= 15 is 0 Å². The first-order valence-electron chi connectivity index (χ1n) is 7.16. The number of hydrogen-bond donors (Lipinski definition) is 2. The highest BCUT2D eigenvalue weighted by molar-refractivity contribution is 7.98. The van der Waals surface area contributed by atoms with E-state index in [1.54, 1.807) is 11.8 Å². The van der Waals surface area contributed by atoms with Crippen molar-refractivity contribution >= 4 is 23.4 Å². The average molecular weight is 278 g/mol. The van der Waals surface area contributed by atoms with Crippen molar-refractivity contribution in [3.05, 3.63) is 6.07 Å². The van der Waals surface area contributed by atoms with Crippen molar-refractivity contribution in [1.29, 1.82) is 0 Å². The summed E-state index contributed by atoms with van der Waals surface area (Å²) < 4.78 is 0. The molecule has 0 bridgehead atoms. The zero-order valence-electron chi connectivity index (χ0n) is 11.7. The lowest BCUT2D eigenvalue weighted by atomic mass is 10.0. The van der Waals surface area contributed by atoms with Crippen LogP contribution in [0.25, 0.3) is 0 Å². The minimum absolute atomic E-state index is 0.600. The van der Waals surface area contributed by atoms with Crippen molar-refractivity contribution < 1.29 is 0 Å². The van der Waals surface area contributed by atoms with Crippen LogP contribution < -0.4 is 10.6 Å². The molecule has 0 amide bonds. The van der Waals surface area contributed by atoms with Gasteiger partial charge in [0.15, 0.2) is 5.16 Å². The summed E-state index contributed by atoms with van der Waals surface area (Å²) in [6.07, 6.45) is 7.67. The molecule has 0 unspecified atom stereocenters. The van der Waals surface area contributed by atoms with E-state index in [2.05, 4.69) is 27.5 Å². The standard InChI is InChI=1S/C14H22N4S/c1-3-15-11-8-12(18-13(17-11)19-2)16-9-14(6-7-14)10-4-5-10/h8,10H,3-7,9H2,1-2H3,(H2,15,16,17,18). The van der Waals surface area contributed by atoms with Crippen LogP contribution in [0.4, 0.5) is 11.6 Å². The third-order valence-corrected chi connectivity index (χ3v) is 4.75. The molecule has 1 heterocycles. The predicted molar refractivity (Wildman–Crippen MR) is 80.9 cm³/mol. The Kier molecular flexibility index (Phi) is 3.56. The van der Waals surface area contributed by atoms with E-state index in [0.29, 0.717) is 5.41 Å². The third-order valence-electron chi connectivity index (χ3n) is 4.20. The van der Waals surface area contributed by atoms with Crippen LogP contribution in [0.3, 0.4) is 0 Å². The predicted octanol–water partition coefficient (Wildman–Crippen LogP) is 3.23. The maximum absolute atomic E-state index is 4.55. The van der Waals surface area contributed by atoms with Crippen molar-refractivity contribution in [2.24, 2.45) is 11.3 Å². The Bertz CT molecular complexity index is 455. The third kappa shape index (κ3) is 2.96. The summed E-state index contributed by atoms with van der Waals surface area (Å²) in [6, 6.07) is 2.02. The number of anilines is 2. The van der Waals surface area contributed by atoms with Crippen LogP contribution in [0.15, 0.2) is 11.2 Å². The van der Waals surface area contributed by atoms with Gasteiger partial charge in [0.05, 0.1) is 0 Å². The number of aromatic nitrogens is 2. The molecule has 0 atom stereocenters. The molecule has 19 heavy (non-hydrogen) atoms. The summed E-state index contributed by atoms with van der Waals surface area (Å²) in [5.74, 6) is 2.86. The van der Waals surface area contributed by atoms with E-state index in [1.807, 2.05) is 12.3 Å². The van der Waals surface area contributed by atoms with Crippen LogP contribution in [0.5, 0.6) is 0 Å². The Labute approximate surface area is 119 Å². The van der Waals surface area contributed by atoms with Crippen LogP contribution in [-0.2, 0) is 0 Å². The monoisotopic (exact) mass is 278 g/mol. The van der Waals surface area contributed by atoms with Crippen LogP contribution in [0.1, 0.15) is 32.6 Å². The highest BCUT2D eigenvalue weighted by Gasteiger charge is 2.53. The van der Waals surface area contributed by atoms with Gasteiger partial charge in [-0.15, -0.1) is 0 Å². The largest absolute Gasteiger partial charge is 0.370 e. The minimum atomic E-state index is 0.600. The summed E-state index contributed by atoms with van der Waals surface area (Å²) in [4.78, 5) is 9.00. The van der Waals surface area contributed by atoms with Gasteiger partial charge < -0.3 is 10.6 Å². The number of rotatable bonds is 7. The first-order chi connectivity index (χ1) is 9.25. The molecule has 0 radical (unpaired) electrons. The van der Waals surface area contributed by atoms with E-state index in [1.165, 1.54) is 25.7 Å². The topological polar surface area (TPSA) is 49.8 Å². The average Bonchev–Trinajstić information content (AvgIpc) is 3.28. The molecular formula is C14H22N4S. The summed E-state index contributed by atoms with van der Waals surface area (Å²) in [5, 5.41) is 7.63. The Hall–Kier alpha value is -0.970. The smallest absolute Gasteiger partial charge is 0.191 e. The van der Waals surface area contributed by atoms with Crippen LogP contribution in [0, 0.1) is 11.3 Å². The molecule has 2 N–H and O–H groups in total. The Morgan fingerprint density at radius 3 is 2.47 bits per heavy atom. The van der Waals surface area contributed by atoms with Crippen molar-refractivity contribution in [3.8, 4) is 0 Å². The second-order valence-electron chi connectivity index (χ2n) is 5.65. The second-order valence-corrected chi connectivity index (χ2v) is 6.42. The molecule has 2 aliphatic carbocycles. The number of thioether (sulfide) groups is 1. The Morgan fingerprint density at radius 2 is 1.95 bits per heavy atom. The molecule has 0 spiro atoms.